The van der Waals surface area contributed by atoms with E-state index in [4.69, 9.17) is 5.11 Å². The van der Waals surface area contributed by atoms with Gasteiger partial charge in [-0.25, -0.2) is 9.59 Å². The maximum Gasteiger partial charge on any atom is 0.326 e. The third-order valence-electron chi connectivity index (χ3n) is 2.74. The molecule has 2 amide bonds. The molecule has 0 radical (unpaired) electrons. The number of nitrogens with one attached hydrogen (secondary N) is 2. The number of methoxy groups -OCH3 is 1. The fraction of sp³-hybridized carbons (Fsp3) is 0.357. The van der Waals surface area contributed by atoms with Gasteiger partial charge in [0.15, 0.2) is 0 Å². The molecule has 3 N–H and O–H groups in total. The molecule has 0 spiro atoms. The van der Waals surface area contributed by atoms with Crippen LogP contribution >= 0.6 is 0 Å². The second kappa shape index (κ2) is 7.88. The second-order valence-corrected chi connectivity index (χ2v) is 4.47. The van der Waals surface area contributed by atoms with Gasteiger partial charge in [0.1, 0.15) is 6.04 Å². The summed E-state index contributed by atoms with van der Waals surface area (Å²) in [4.78, 5) is 33.8. The molecule has 0 aliphatic rings. The smallest absolute Gasteiger partial charge is 0.326 e. The van der Waals surface area contributed by atoms with Gasteiger partial charge in [0.05, 0.1) is 7.11 Å². The van der Waals surface area contributed by atoms with Gasteiger partial charge in [0.25, 0.3) is 0 Å². The molecule has 1 aromatic rings. The Bertz CT molecular complexity index is 530. The standard InChI is InChI=1S/C14H18N2O5/c1-9-4-3-5-10(8-9)15-14(20)16-11(13(18)19)6-7-12(17)21-2/h3-5,8,11H,6-7H2,1-2H3,(H,18,19)(H2,15,16,20)/t11-/m0/s1. The van der Waals surface area contributed by atoms with Gasteiger partial charge in [-0.1, -0.05) is 12.1 Å². The molecule has 7 nitrogen and oxygen atoms in total. The minimum atomic E-state index is -1.21. The van der Waals surface area contributed by atoms with Crippen molar-refractivity contribution in [1.82, 2.24) is 5.32 Å². The zero-order chi connectivity index (χ0) is 15.8. The predicted molar refractivity (Wildman–Crippen MR) is 76.0 cm³/mol. The van der Waals surface area contributed by atoms with Crippen LogP contribution < -0.4 is 10.6 Å². The van der Waals surface area contributed by atoms with Gasteiger partial charge in [-0.05, 0) is 31.0 Å². The van der Waals surface area contributed by atoms with E-state index >= 15 is 0 Å². The van der Waals surface area contributed by atoms with E-state index in [2.05, 4.69) is 15.4 Å². The first-order valence-electron chi connectivity index (χ1n) is 6.36. The average Bonchev–Trinajstić information content (AvgIpc) is 2.42. The van der Waals surface area contributed by atoms with Crippen LogP contribution in [0.5, 0.6) is 0 Å². The second-order valence-electron chi connectivity index (χ2n) is 4.47. The molecule has 0 heterocycles. The number of carboxylic acids is 1. The molecule has 114 valence electrons. The fourth-order valence-corrected chi connectivity index (χ4v) is 1.67. The lowest BCUT2D eigenvalue weighted by Crippen LogP contribution is -2.43. The molecule has 0 fully saturated rings. The number of hydrogen-bond acceptors (Lipinski definition) is 4. The molecule has 21 heavy (non-hydrogen) atoms. The molecule has 0 unspecified atom stereocenters. The first kappa shape index (κ1) is 16.5. The topological polar surface area (TPSA) is 105 Å². The number of aliphatic carboxylic acids is 1. The van der Waals surface area contributed by atoms with Crippen LogP contribution in [0.4, 0.5) is 10.5 Å². The van der Waals surface area contributed by atoms with E-state index in [1.165, 1.54) is 7.11 Å². The molecular formula is C14H18N2O5. The number of rotatable bonds is 6. The summed E-state index contributed by atoms with van der Waals surface area (Å²) in [6.45, 7) is 1.87. The lowest BCUT2D eigenvalue weighted by atomic mass is 10.1. The summed E-state index contributed by atoms with van der Waals surface area (Å²) in [6.07, 6.45) is -0.124. The van der Waals surface area contributed by atoms with E-state index in [-0.39, 0.29) is 12.8 Å². The highest BCUT2D eigenvalue weighted by molar-refractivity contribution is 5.92. The highest BCUT2D eigenvalue weighted by Gasteiger charge is 2.21. The van der Waals surface area contributed by atoms with Crippen molar-refractivity contribution in [2.75, 3.05) is 12.4 Å². The van der Waals surface area contributed by atoms with Crippen molar-refractivity contribution in [2.45, 2.75) is 25.8 Å². The normalized spacial score (nSPS) is 11.3. The van der Waals surface area contributed by atoms with Crippen molar-refractivity contribution in [3.8, 4) is 0 Å². The minimum Gasteiger partial charge on any atom is -0.480 e. The number of amides is 2. The number of carboxylic acid groups (broad SMARTS) is 1. The summed E-state index contributed by atoms with van der Waals surface area (Å²) in [5.74, 6) is -1.74. The Morgan fingerprint density at radius 2 is 2.05 bits per heavy atom. The van der Waals surface area contributed by atoms with Gasteiger partial charge in [0.2, 0.25) is 0 Å². The summed E-state index contributed by atoms with van der Waals surface area (Å²) < 4.78 is 4.43. The van der Waals surface area contributed by atoms with Crippen molar-refractivity contribution in [3.63, 3.8) is 0 Å². The number of ether oxygens (including phenoxy) is 1. The van der Waals surface area contributed by atoms with E-state index < -0.39 is 24.0 Å². The number of hydrogen-bond donors (Lipinski definition) is 3. The Balaban J connectivity index is 2.56. The molecule has 7 heteroatoms. The van der Waals surface area contributed by atoms with Gasteiger partial charge in [0, 0.05) is 12.1 Å². The van der Waals surface area contributed by atoms with E-state index in [0.29, 0.717) is 5.69 Å². The molecular weight excluding hydrogens is 276 g/mol. The van der Waals surface area contributed by atoms with E-state index in [1.807, 2.05) is 13.0 Å². The number of carbonyl (C=O) groups is 3. The summed E-state index contributed by atoms with van der Waals surface area (Å²) in [7, 11) is 1.22. The molecule has 1 atom stereocenters. The summed E-state index contributed by atoms with van der Waals surface area (Å²) >= 11 is 0. The third-order valence-corrected chi connectivity index (χ3v) is 2.74. The van der Waals surface area contributed by atoms with Crippen molar-refractivity contribution in [3.05, 3.63) is 29.8 Å². The quantitative estimate of drug-likeness (QED) is 0.690. The van der Waals surface area contributed by atoms with Crippen LogP contribution in [0.3, 0.4) is 0 Å². The van der Waals surface area contributed by atoms with Crippen molar-refractivity contribution in [2.24, 2.45) is 0 Å². The van der Waals surface area contributed by atoms with Gasteiger partial charge < -0.3 is 20.5 Å². The molecule has 1 rings (SSSR count). The van der Waals surface area contributed by atoms with Crippen LogP contribution in [0.25, 0.3) is 0 Å². The van der Waals surface area contributed by atoms with Crippen LogP contribution in [0, 0.1) is 6.92 Å². The number of anilines is 1. The zero-order valence-corrected chi connectivity index (χ0v) is 11.9. The molecule has 1 aromatic carbocycles. The third kappa shape index (κ3) is 5.94. The van der Waals surface area contributed by atoms with Crippen LogP contribution in [-0.2, 0) is 14.3 Å². The highest BCUT2D eigenvalue weighted by Crippen LogP contribution is 2.09. The Labute approximate surface area is 122 Å². The van der Waals surface area contributed by atoms with Crippen LogP contribution in [0.15, 0.2) is 24.3 Å². The van der Waals surface area contributed by atoms with Crippen molar-refractivity contribution in [1.29, 1.82) is 0 Å². The first-order valence-corrected chi connectivity index (χ1v) is 6.36. The summed E-state index contributed by atoms with van der Waals surface area (Å²) in [5.41, 5.74) is 1.53. The number of aryl methyl sites for hydroxylation is 1. The summed E-state index contributed by atoms with van der Waals surface area (Å²) in [6, 6.07) is 5.29. The van der Waals surface area contributed by atoms with E-state index in [1.54, 1.807) is 18.2 Å². The van der Waals surface area contributed by atoms with E-state index in [0.717, 1.165) is 5.56 Å². The molecule has 0 saturated carbocycles. The molecule has 0 saturated heterocycles. The Morgan fingerprint density at radius 3 is 2.62 bits per heavy atom. The van der Waals surface area contributed by atoms with Gasteiger partial charge >= 0.3 is 18.0 Å². The lowest BCUT2D eigenvalue weighted by Gasteiger charge is -2.14. The van der Waals surface area contributed by atoms with Gasteiger partial charge in [-0.2, -0.15) is 0 Å². The van der Waals surface area contributed by atoms with Crippen LogP contribution in [0.2, 0.25) is 0 Å². The van der Waals surface area contributed by atoms with Crippen molar-refractivity contribution < 1.29 is 24.2 Å². The molecule has 0 aliphatic carbocycles. The van der Waals surface area contributed by atoms with Crippen LogP contribution in [0.1, 0.15) is 18.4 Å². The average molecular weight is 294 g/mol. The van der Waals surface area contributed by atoms with Crippen molar-refractivity contribution >= 4 is 23.7 Å². The Kier molecular flexibility index (Phi) is 6.19. The summed E-state index contributed by atoms with van der Waals surface area (Å²) in [5, 5.41) is 13.9. The lowest BCUT2D eigenvalue weighted by molar-refractivity contribution is -0.142. The maximum absolute atomic E-state index is 11.8. The number of carbonyl (C=O) groups excluding carboxylic acids is 2. The van der Waals surface area contributed by atoms with Crippen LogP contribution in [-0.4, -0.2) is 36.2 Å². The zero-order valence-electron chi connectivity index (χ0n) is 11.9. The van der Waals surface area contributed by atoms with Gasteiger partial charge in [-0.15, -0.1) is 0 Å². The maximum atomic E-state index is 11.8. The molecule has 0 aromatic heterocycles. The number of esters is 1. The monoisotopic (exact) mass is 294 g/mol. The molecule has 0 aliphatic heterocycles. The van der Waals surface area contributed by atoms with Gasteiger partial charge in [-0.3, -0.25) is 4.79 Å². The number of urea groups is 1. The predicted octanol–water partition coefficient (Wildman–Crippen LogP) is 1.52. The Morgan fingerprint density at radius 1 is 1.33 bits per heavy atom. The SMILES string of the molecule is COC(=O)CC[C@H](NC(=O)Nc1cccc(C)c1)C(=O)O. The first-order chi connectivity index (χ1) is 9.92. The highest BCUT2D eigenvalue weighted by atomic mass is 16.5. The van der Waals surface area contributed by atoms with E-state index in [9.17, 15) is 14.4 Å². The largest absolute Gasteiger partial charge is 0.480 e. The molecule has 0 bridgehead atoms. The Hall–Kier alpha value is -2.57. The number of benzene rings is 1. The fourth-order valence-electron chi connectivity index (χ4n) is 1.67. The minimum absolute atomic E-state index is 0.0384.